The lowest BCUT2D eigenvalue weighted by molar-refractivity contribution is -0.112. The van der Waals surface area contributed by atoms with E-state index in [0.717, 1.165) is 17.7 Å². The van der Waals surface area contributed by atoms with Gasteiger partial charge in [-0.25, -0.2) is 13.8 Å². The fourth-order valence-electron chi connectivity index (χ4n) is 2.29. The summed E-state index contributed by atoms with van der Waals surface area (Å²) in [6, 6.07) is 8.26. The van der Waals surface area contributed by atoms with Gasteiger partial charge in [0.05, 0.1) is 17.6 Å². The van der Waals surface area contributed by atoms with Crippen LogP contribution in [0.4, 0.5) is 14.5 Å². The quantitative estimate of drug-likeness (QED) is 0.587. The van der Waals surface area contributed by atoms with Crippen molar-refractivity contribution in [1.82, 2.24) is 9.38 Å². The molecule has 0 aliphatic carbocycles. The van der Waals surface area contributed by atoms with Crippen molar-refractivity contribution in [2.24, 2.45) is 0 Å². The van der Waals surface area contributed by atoms with Gasteiger partial charge in [0, 0.05) is 12.3 Å². The van der Waals surface area contributed by atoms with Crippen LogP contribution >= 0.6 is 0 Å². The minimum atomic E-state index is -0.920. The molecule has 3 rings (SSSR count). The first-order valence-electron chi connectivity index (χ1n) is 7.30. The van der Waals surface area contributed by atoms with E-state index < -0.39 is 17.5 Å². The van der Waals surface area contributed by atoms with E-state index in [1.165, 1.54) is 12.3 Å². The largest absolute Gasteiger partial charge is 0.319 e. The smallest absolute Gasteiger partial charge is 0.266 e. The summed E-state index contributed by atoms with van der Waals surface area (Å²) in [6.45, 7) is 1.93. The second kappa shape index (κ2) is 6.53. The van der Waals surface area contributed by atoms with Crippen LogP contribution in [0.25, 0.3) is 11.7 Å². The number of hydrogen-bond acceptors (Lipinski definition) is 3. The Morgan fingerprint density at radius 3 is 2.84 bits per heavy atom. The first-order valence-corrected chi connectivity index (χ1v) is 7.30. The maximum atomic E-state index is 13.6. The molecule has 5 nitrogen and oxygen atoms in total. The number of aromatic nitrogens is 2. The Kier molecular flexibility index (Phi) is 4.27. The van der Waals surface area contributed by atoms with Crippen LogP contribution in [0.2, 0.25) is 0 Å². The third-order valence-corrected chi connectivity index (χ3v) is 3.53. The van der Waals surface area contributed by atoms with Crippen molar-refractivity contribution in [3.63, 3.8) is 0 Å². The van der Waals surface area contributed by atoms with Crippen molar-refractivity contribution in [2.45, 2.75) is 6.92 Å². The first-order chi connectivity index (χ1) is 12.0. The van der Waals surface area contributed by atoms with Crippen LogP contribution in [0.1, 0.15) is 11.3 Å². The lowest BCUT2D eigenvalue weighted by Gasteiger charge is -2.05. The van der Waals surface area contributed by atoms with E-state index in [1.807, 2.05) is 19.1 Å². The molecule has 0 atom stereocenters. The average molecular weight is 338 g/mol. The number of pyridine rings is 1. The predicted octanol–water partition coefficient (Wildman–Crippen LogP) is 3.47. The van der Waals surface area contributed by atoms with Crippen molar-refractivity contribution in [3.05, 3.63) is 71.2 Å². The van der Waals surface area contributed by atoms with Gasteiger partial charge < -0.3 is 9.72 Å². The second-order valence-corrected chi connectivity index (χ2v) is 5.36. The monoisotopic (exact) mass is 338 g/mol. The third-order valence-electron chi connectivity index (χ3n) is 3.53. The SMILES string of the molecule is Cc1ccn2c(/C=C(\C#N)C(=O)Nc3ccc(F)cc3F)cnc2c1. The van der Waals surface area contributed by atoms with Crippen molar-refractivity contribution in [1.29, 1.82) is 5.26 Å². The summed E-state index contributed by atoms with van der Waals surface area (Å²) in [7, 11) is 0. The molecule has 0 unspecified atom stereocenters. The van der Waals surface area contributed by atoms with Gasteiger partial charge in [-0.05, 0) is 42.8 Å². The van der Waals surface area contributed by atoms with Crippen LogP contribution in [-0.2, 0) is 4.79 Å². The molecule has 0 saturated carbocycles. The summed E-state index contributed by atoms with van der Waals surface area (Å²) in [5, 5.41) is 11.5. The highest BCUT2D eigenvalue weighted by Gasteiger charge is 2.13. The number of halogens is 2. The molecule has 1 aromatic carbocycles. The molecule has 2 aromatic heterocycles. The van der Waals surface area contributed by atoms with Gasteiger partial charge in [-0.15, -0.1) is 0 Å². The summed E-state index contributed by atoms with van der Waals surface area (Å²) >= 11 is 0. The topological polar surface area (TPSA) is 70.2 Å². The Labute approximate surface area is 141 Å². The normalized spacial score (nSPS) is 11.4. The Morgan fingerprint density at radius 1 is 1.32 bits per heavy atom. The summed E-state index contributed by atoms with van der Waals surface area (Å²) in [4.78, 5) is 16.4. The van der Waals surface area contributed by atoms with Gasteiger partial charge in [0.1, 0.15) is 28.9 Å². The molecule has 7 heteroatoms. The third kappa shape index (κ3) is 3.38. The number of nitrogens with zero attached hydrogens (tertiary/aromatic N) is 3. The molecular formula is C18H12F2N4O. The predicted molar refractivity (Wildman–Crippen MR) is 88.5 cm³/mol. The molecule has 0 saturated heterocycles. The summed E-state index contributed by atoms with van der Waals surface area (Å²) in [6.07, 6.45) is 4.65. The highest BCUT2D eigenvalue weighted by molar-refractivity contribution is 6.09. The molecule has 0 fully saturated rings. The Hall–Kier alpha value is -3.53. The van der Waals surface area contributed by atoms with E-state index >= 15 is 0 Å². The number of carbonyl (C=O) groups is 1. The van der Waals surface area contributed by atoms with E-state index in [4.69, 9.17) is 0 Å². The number of carbonyl (C=O) groups excluding carboxylic acids is 1. The number of imidazole rings is 1. The fraction of sp³-hybridized carbons (Fsp3) is 0.0556. The van der Waals surface area contributed by atoms with Gasteiger partial charge in [-0.2, -0.15) is 5.26 Å². The number of benzene rings is 1. The Balaban J connectivity index is 1.91. The molecule has 124 valence electrons. The van der Waals surface area contributed by atoms with Gasteiger partial charge in [-0.1, -0.05) is 0 Å². The van der Waals surface area contributed by atoms with Gasteiger partial charge in [0.15, 0.2) is 0 Å². The summed E-state index contributed by atoms with van der Waals surface area (Å²) in [5.74, 6) is -2.47. The maximum absolute atomic E-state index is 13.6. The van der Waals surface area contributed by atoms with Crippen molar-refractivity contribution < 1.29 is 13.6 Å². The molecule has 25 heavy (non-hydrogen) atoms. The zero-order valence-electron chi connectivity index (χ0n) is 13.1. The molecular weight excluding hydrogens is 326 g/mol. The van der Waals surface area contributed by atoms with Gasteiger partial charge >= 0.3 is 0 Å². The van der Waals surface area contributed by atoms with E-state index in [0.29, 0.717) is 17.4 Å². The van der Waals surface area contributed by atoms with E-state index in [1.54, 1.807) is 16.7 Å². The lowest BCUT2D eigenvalue weighted by Crippen LogP contribution is -2.14. The molecule has 1 amide bonds. The number of rotatable bonds is 3. The molecule has 3 aromatic rings. The van der Waals surface area contributed by atoms with Crippen LogP contribution in [0, 0.1) is 29.9 Å². The Bertz CT molecular complexity index is 1050. The van der Waals surface area contributed by atoms with Gasteiger partial charge in [0.25, 0.3) is 5.91 Å². The van der Waals surface area contributed by atoms with Crippen LogP contribution in [-0.4, -0.2) is 15.3 Å². The minimum Gasteiger partial charge on any atom is -0.319 e. The Morgan fingerprint density at radius 2 is 2.12 bits per heavy atom. The molecule has 2 heterocycles. The number of anilines is 1. The number of amides is 1. The molecule has 0 bridgehead atoms. The summed E-state index contributed by atoms with van der Waals surface area (Å²) in [5.41, 5.74) is 1.79. The van der Waals surface area contributed by atoms with E-state index in [2.05, 4.69) is 10.3 Å². The average Bonchev–Trinajstić information content (AvgIpc) is 2.96. The molecule has 0 radical (unpaired) electrons. The van der Waals surface area contributed by atoms with E-state index in [9.17, 15) is 18.8 Å². The second-order valence-electron chi connectivity index (χ2n) is 5.36. The highest BCUT2D eigenvalue weighted by atomic mass is 19.1. The standard InChI is InChI=1S/C18H12F2N4O/c1-11-4-5-24-14(10-22-17(24)6-11)7-12(9-21)18(25)23-16-3-2-13(19)8-15(16)20/h2-8,10H,1H3,(H,23,25)/b12-7+. The summed E-state index contributed by atoms with van der Waals surface area (Å²) < 4.78 is 28.3. The first kappa shape index (κ1) is 16.3. The van der Waals surface area contributed by atoms with Crippen LogP contribution in [0.5, 0.6) is 0 Å². The number of aryl methyl sites for hydroxylation is 1. The van der Waals surface area contributed by atoms with Crippen molar-refractivity contribution >= 4 is 23.3 Å². The zero-order chi connectivity index (χ0) is 18.0. The maximum Gasteiger partial charge on any atom is 0.266 e. The van der Waals surface area contributed by atoms with Gasteiger partial charge in [0.2, 0.25) is 0 Å². The minimum absolute atomic E-state index is 0.207. The molecule has 0 aliphatic heterocycles. The van der Waals surface area contributed by atoms with Crippen LogP contribution in [0.3, 0.4) is 0 Å². The van der Waals surface area contributed by atoms with Gasteiger partial charge in [-0.3, -0.25) is 4.79 Å². The molecule has 0 spiro atoms. The van der Waals surface area contributed by atoms with Crippen molar-refractivity contribution in [3.8, 4) is 6.07 Å². The number of nitrogens with one attached hydrogen (secondary N) is 1. The number of hydrogen-bond donors (Lipinski definition) is 1. The zero-order valence-corrected chi connectivity index (χ0v) is 13.1. The fourth-order valence-corrected chi connectivity index (χ4v) is 2.29. The van der Waals surface area contributed by atoms with Crippen LogP contribution < -0.4 is 5.32 Å². The highest BCUT2D eigenvalue weighted by Crippen LogP contribution is 2.17. The molecule has 0 aliphatic rings. The van der Waals surface area contributed by atoms with E-state index in [-0.39, 0.29) is 11.3 Å². The number of fused-ring (bicyclic) bond motifs is 1. The molecule has 1 N–H and O–H groups in total. The van der Waals surface area contributed by atoms with Crippen molar-refractivity contribution in [2.75, 3.05) is 5.32 Å². The lowest BCUT2D eigenvalue weighted by atomic mass is 10.2. The number of nitriles is 1. The van der Waals surface area contributed by atoms with Crippen LogP contribution in [0.15, 0.2) is 48.3 Å².